The number of benzene rings is 1. The lowest BCUT2D eigenvalue weighted by Gasteiger charge is -2.20. The molecule has 1 aliphatic rings. The Balaban J connectivity index is 1.86. The minimum atomic E-state index is -0.928. The molecular formula is C27H35N3O3. The molecule has 1 aliphatic carbocycles. The average molecular weight is 450 g/mol. The Morgan fingerprint density at radius 2 is 1.70 bits per heavy atom. The number of anilines is 1. The first kappa shape index (κ1) is 24.5. The summed E-state index contributed by atoms with van der Waals surface area (Å²) in [5.41, 5.74) is 8.45. The van der Waals surface area contributed by atoms with Gasteiger partial charge in [-0.15, -0.1) is 0 Å². The predicted octanol–water partition coefficient (Wildman–Crippen LogP) is 5.33. The zero-order valence-electron chi connectivity index (χ0n) is 20.3. The van der Waals surface area contributed by atoms with Crippen molar-refractivity contribution in [2.45, 2.75) is 72.8 Å². The molecule has 1 aromatic heterocycles. The molecule has 1 heterocycles. The van der Waals surface area contributed by atoms with Gasteiger partial charge in [-0.3, -0.25) is 9.59 Å². The van der Waals surface area contributed by atoms with Crippen molar-refractivity contribution in [3.8, 4) is 11.1 Å². The van der Waals surface area contributed by atoms with Crippen molar-refractivity contribution in [2.75, 3.05) is 11.9 Å². The maximum Gasteiger partial charge on any atom is 0.305 e. The Morgan fingerprint density at radius 1 is 1.06 bits per heavy atom. The van der Waals surface area contributed by atoms with Crippen LogP contribution in [0, 0.1) is 27.7 Å². The van der Waals surface area contributed by atoms with E-state index in [2.05, 4.69) is 55.4 Å². The monoisotopic (exact) mass is 449 g/mol. The summed E-state index contributed by atoms with van der Waals surface area (Å²) in [6.07, 6.45) is 8.76. The summed E-state index contributed by atoms with van der Waals surface area (Å²) in [7, 11) is 0. The van der Waals surface area contributed by atoms with Crippen LogP contribution in [0.5, 0.6) is 0 Å². The minimum absolute atomic E-state index is 0.0903. The van der Waals surface area contributed by atoms with Crippen LogP contribution in [0.1, 0.15) is 66.8 Å². The molecular weight excluding hydrogens is 414 g/mol. The van der Waals surface area contributed by atoms with Crippen LogP contribution in [0.15, 0.2) is 23.9 Å². The number of carboxylic acids is 1. The molecule has 0 aliphatic heterocycles. The lowest BCUT2D eigenvalue weighted by Crippen LogP contribution is -2.26. The highest BCUT2D eigenvalue weighted by molar-refractivity contribution is 5.98. The number of carbonyl (C=O) groups is 2. The fraction of sp³-hybridized carbons (Fsp3) is 0.444. The van der Waals surface area contributed by atoms with Gasteiger partial charge >= 0.3 is 5.97 Å². The second-order valence-corrected chi connectivity index (χ2v) is 9.07. The summed E-state index contributed by atoms with van der Waals surface area (Å²) in [4.78, 5) is 27.7. The summed E-state index contributed by atoms with van der Waals surface area (Å²) in [5.74, 6) is -0.246. The molecule has 0 saturated heterocycles. The third kappa shape index (κ3) is 5.81. The summed E-state index contributed by atoms with van der Waals surface area (Å²) in [5, 5.41) is 15.0. The van der Waals surface area contributed by atoms with E-state index < -0.39 is 5.97 Å². The maximum absolute atomic E-state index is 12.4. The van der Waals surface area contributed by atoms with Gasteiger partial charge in [0.25, 0.3) is 0 Å². The molecule has 1 aromatic carbocycles. The number of carboxylic acid groups (broad SMARTS) is 1. The number of hydrogen-bond acceptors (Lipinski definition) is 4. The quantitative estimate of drug-likeness (QED) is 0.474. The van der Waals surface area contributed by atoms with E-state index in [0.29, 0.717) is 11.6 Å². The number of nitrogens with one attached hydrogen (secondary N) is 2. The normalized spacial score (nSPS) is 14.4. The highest BCUT2D eigenvalue weighted by Gasteiger charge is 2.18. The zero-order chi connectivity index (χ0) is 24.1. The van der Waals surface area contributed by atoms with E-state index in [1.807, 2.05) is 12.3 Å². The Morgan fingerprint density at radius 3 is 2.24 bits per heavy atom. The smallest absolute Gasteiger partial charge is 0.305 e. The van der Waals surface area contributed by atoms with E-state index in [1.54, 1.807) is 6.92 Å². The molecule has 6 heteroatoms. The van der Waals surface area contributed by atoms with Gasteiger partial charge in [-0.25, -0.2) is 4.98 Å². The molecule has 6 nitrogen and oxygen atoms in total. The summed E-state index contributed by atoms with van der Waals surface area (Å²) >= 11 is 0. The molecule has 1 amide bonds. The van der Waals surface area contributed by atoms with Crippen molar-refractivity contribution in [3.05, 3.63) is 51.7 Å². The SMILES string of the molecule is CC(=Cc1c(C)c(C)c(-c2ccc(NC3CCCC3)nc2)c(C)c1C)C(=O)NCCC(=O)O. The molecule has 1 fully saturated rings. The number of amides is 1. The van der Waals surface area contributed by atoms with Crippen LogP contribution in [-0.2, 0) is 9.59 Å². The Labute approximate surface area is 196 Å². The van der Waals surface area contributed by atoms with Crippen LogP contribution in [0.3, 0.4) is 0 Å². The number of aromatic nitrogens is 1. The first-order chi connectivity index (χ1) is 15.7. The van der Waals surface area contributed by atoms with Gasteiger partial charge in [-0.1, -0.05) is 12.8 Å². The molecule has 0 spiro atoms. The van der Waals surface area contributed by atoms with Gasteiger partial charge in [0, 0.05) is 29.9 Å². The zero-order valence-corrected chi connectivity index (χ0v) is 20.3. The van der Waals surface area contributed by atoms with Crippen molar-refractivity contribution in [1.29, 1.82) is 0 Å². The topological polar surface area (TPSA) is 91.3 Å². The predicted molar refractivity (Wildman–Crippen MR) is 133 cm³/mol. The first-order valence-electron chi connectivity index (χ1n) is 11.7. The van der Waals surface area contributed by atoms with Crippen LogP contribution in [0.4, 0.5) is 5.82 Å². The van der Waals surface area contributed by atoms with Crippen molar-refractivity contribution in [1.82, 2.24) is 10.3 Å². The lowest BCUT2D eigenvalue weighted by molar-refractivity contribution is -0.136. The van der Waals surface area contributed by atoms with Gasteiger partial charge < -0.3 is 15.7 Å². The van der Waals surface area contributed by atoms with Crippen LogP contribution in [0.25, 0.3) is 17.2 Å². The number of pyridine rings is 1. The van der Waals surface area contributed by atoms with Gasteiger partial charge in [0.05, 0.1) is 6.42 Å². The third-order valence-electron chi connectivity index (χ3n) is 6.79. The maximum atomic E-state index is 12.4. The first-order valence-corrected chi connectivity index (χ1v) is 11.7. The van der Waals surface area contributed by atoms with Crippen LogP contribution in [0.2, 0.25) is 0 Å². The van der Waals surface area contributed by atoms with E-state index in [9.17, 15) is 9.59 Å². The number of rotatable bonds is 8. The van der Waals surface area contributed by atoms with E-state index in [4.69, 9.17) is 5.11 Å². The molecule has 176 valence electrons. The van der Waals surface area contributed by atoms with E-state index in [-0.39, 0.29) is 18.9 Å². The second-order valence-electron chi connectivity index (χ2n) is 9.07. The van der Waals surface area contributed by atoms with Crippen LogP contribution >= 0.6 is 0 Å². The second kappa shape index (κ2) is 10.6. The Hall–Kier alpha value is -3.15. The van der Waals surface area contributed by atoms with Crippen LogP contribution in [-0.4, -0.2) is 34.6 Å². The molecule has 0 unspecified atom stereocenters. The molecule has 33 heavy (non-hydrogen) atoms. The molecule has 0 atom stereocenters. The fourth-order valence-corrected chi connectivity index (χ4v) is 4.60. The average Bonchev–Trinajstić information content (AvgIpc) is 3.29. The van der Waals surface area contributed by atoms with Gasteiger partial charge in [-0.2, -0.15) is 0 Å². The molecule has 1 saturated carbocycles. The fourth-order valence-electron chi connectivity index (χ4n) is 4.60. The van der Waals surface area contributed by atoms with Crippen LogP contribution < -0.4 is 10.6 Å². The largest absolute Gasteiger partial charge is 0.481 e. The molecule has 3 rings (SSSR count). The summed E-state index contributed by atoms with van der Waals surface area (Å²) in [6, 6.07) is 4.73. The lowest BCUT2D eigenvalue weighted by atomic mass is 9.85. The minimum Gasteiger partial charge on any atom is -0.481 e. The highest BCUT2D eigenvalue weighted by Crippen LogP contribution is 2.35. The molecule has 3 N–H and O–H groups in total. The standard InChI is InChI=1S/C27H35N3O3/c1-16(27(33)28-13-12-25(31)32)14-23-17(2)19(4)26(20(5)18(23)3)21-10-11-24(29-15-21)30-22-8-6-7-9-22/h10-11,14-15,22H,6-9,12-13H2,1-5H3,(H,28,33)(H,29,30)(H,31,32). The highest BCUT2D eigenvalue weighted by atomic mass is 16.4. The van der Waals surface area contributed by atoms with Gasteiger partial charge in [0.1, 0.15) is 5.82 Å². The van der Waals surface area contributed by atoms with E-state index >= 15 is 0 Å². The van der Waals surface area contributed by atoms with E-state index in [1.165, 1.54) is 42.4 Å². The molecule has 0 radical (unpaired) electrons. The Kier molecular flexibility index (Phi) is 7.90. The van der Waals surface area contributed by atoms with Crippen molar-refractivity contribution in [3.63, 3.8) is 0 Å². The van der Waals surface area contributed by atoms with Crippen molar-refractivity contribution < 1.29 is 14.7 Å². The number of nitrogens with zero attached hydrogens (tertiary/aromatic N) is 1. The number of aliphatic carboxylic acids is 1. The van der Waals surface area contributed by atoms with Gasteiger partial charge in [0.2, 0.25) is 5.91 Å². The number of carbonyl (C=O) groups excluding carboxylic acids is 1. The number of hydrogen-bond donors (Lipinski definition) is 3. The van der Waals surface area contributed by atoms with Crippen molar-refractivity contribution >= 4 is 23.8 Å². The Bertz CT molecular complexity index is 1040. The molecule has 2 aromatic rings. The van der Waals surface area contributed by atoms with Gasteiger partial charge in [0.15, 0.2) is 0 Å². The third-order valence-corrected chi connectivity index (χ3v) is 6.79. The van der Waals surface area contributed by atoms with E-state index in [0.717, 1.165) is 28.1 Å². The van der Waals surface area contributed by atoms with Crippen molar-refractivity contribution in [2.24, 2.45) is 0 Å². The summed E-state index contributed by atoms with van der Waals surface area (Å²) < 4.78 is 0. The molecule has 0 bridgehead atoms. The summed E-state index contributed by atoms with van der Waals surface area (Å²) in [6.45, 7) is 10.3. The van der Waals surface area contributed by atoms with Gasteiger partial charge in [-0.05, 0) is 99.0 Å².